The molecule has 0 radical (unpaired) electrons. The molecular weight excluding hydrogens is 236 g/mol. The van der Waals surface area contributed by atoms with Crippen LogP contribution in [0.25, 0.3) is 0 Å². The molecule has 0 atom stereocenters. The highest BCUT2D eigenvalue weighted by Gasteiger charge is 2.51. The number of nitrogens with one attached hydrogen (secondary N) is 1. The van der Waals surface area contributed by atoms with Gasteiger partial charge in [-0.15, -0.1) is 0 Å². The molecule has 0 aromatic heterocycles. The first-order chi connectivity index (χ1) is 9.08. The van der Waals surface area contributed by atoms with E-state index in [1.165, 1.54) is 38.5 Å². The molecule has 1 N–H and O–H groups in total. The van der Waals surface area contributed by atoms with Crippen molar-refractivity contribution in [1.82, 2.24) is 5.43 Å². The van der Waals surface area contributed by atoms with Crippen molar-refractivity contribution in [3.63, 3.8) is 0 Å². The van der Waals surface area contributed by atoms with Crippen molar-refractivity contribution in [2.24, 2.45) is 28.3 Å². The van der Waals surface area contributed by atoms with Gasteiger partial charge in [-0.2, -0.15) is 5.10 Å². The Morgan fingerprint density at radius 3 is 2.16 bits per heavy atom. The molecule has 0 aromatic carbocycles. The zero-order chi connectivity index (χ0) is 13.5. The maximum Gasteiger partial charge on any atom is 0.240 e. The van der Waals surface area contributed by atoms with Crippen LogP contribution in [-0.2, 0) is 4.79 Å². The summed E-state index contributed by atoms with van der Waals surface area (Å²) in [7, 11) is 0. The Morgan fingerprint density at radius 1 is 1.16 bits per heavy atom. The molecule has 0 unspecified atom stereocenters. The summed E-state index contributed by atoms with van der Waals surface area (Å²) in [4.78, 5) is 12.1. The number of rotatable bonds is 4. The number of carbonyl (C=O) groups is 1. The molecule has 3 nitrogen and oxygen atoms in total. The van der Waals surface area contributed by atoms with E-state index in [4.69, 9.17) is 0 Å². The lowest BCUT2D eigenvalue weighted by atomic mass is 9.49. The van der Waals surface area contributed by atoms with E-state index in [-0.39, 0.29) is 5.91 Å². The van der Waals surface area contributed by atoms with E-state index in [0.717, 1.165) is 29.9 Å². The van der Waals surface area contributed by atoms with Gasteiger partial charge >= 0.3 is 0 Å². The standard InChI is InChI=1S/C16H26N2O/c1-3-11(2)17-18-15(19)10-16-7-12-4-13(8-16)6-14(5-12)9-16/h12-14H,3-10H2,1-2H3,(H,18,19)/b17-11-. The van der Waals surface area contributed by atoms with Crippen molar-refractivity contribution in [3.05, 3.63) is 0 Å². The molecule has 4 bridgehead atoms. The molecule has 0 heterocycles. The zero-order valence-corrected chi connectivity index (χ0v) is 12.2. The lowest BCUT2D eigenvalue weighted by molar-refractivity contribution is -0.129. The first-order valence-corrected chi connectivity index (χ1v) is 7.90. The largest absolute Gasteiger partial charge is 0.273 e. The summed E-state index contributed by atoms with van der Waals surface area (Å²) in [5.74, 6) is 2.88. The first-order valence-electron chi connectivity index (χ1n) is 7.90. The van der Waals surface area contributed by atoms with Crippen molar-refractivity contribution in [2.75, 3.05) is 0 Å². The fraction of sp³-hybridized carbons (Fsp3) is 0.875. The number of hydrogen-bond donors (Lipinski definition) is 1. The zero-order valence-electron chi connectivity index (χ0n) is 12.2. The summed E-state index contributed by atoms with van der Waals surface area (Å²) in [6.07, 6.45) is 9.80. The van der Waals surface area contributed by atoms with Crippen LogP contribution in [0.5, 0.6) is 0 Å². The molecule has 4 fully saturated rings. The summed E-state index contributed by atoms with van der Waals surface area (Å²) in [6, 6.07) is 0. The Morgan fingerprint density at radius 2 is 1.68 bits per heavy atom. The smallest absolute Gasteiger partial charge is 0.240 e. The topological polar surface area (TPSA) is 41.5 Å². The van der Waals surface area contributed by atoms with Crippen molar-refractivity contribution in [2.45, 2.75) is 65.2 Å². The Kier molecular flexibility index (Phi) is 3.40. The number of hydrogen-bond acceptors (Lipinski definition) is 2. The Balaban J connectivity index is 1.61. The maximum absolute atomic E-state index is 12.1. The normalized spacial score (nSPS) is 40.5. The van der Waals surface area contributed by atoms with E-state index in [1.54, 1.807) is 0 Å². The third-order valence-corrected chi connectivity index (χ3v) is 5.58. The van der Waals surface area contributed by atoms with Gasteiger partial charge in [0, 0.05) is 12.1 Å². The van der Waals surface area contributed by atoms with E-state index in [2.05, 4.69) is 17.5 Å². The lowest BCUT2D eigenvalue weighted by Crippen LogP contribution is -2.47. The van der Waals surface area contributed by atoms with E-state index >= 15 is 0 Å². The third kappa shape index (κ3) is 2.70. The van der Waals surface area contributed by atoms with Gasteiger partial charge in [0.1, 0.15) is 0 Å². The van der Waals surface area contributed by atoms with E-state index in [1.807, 2.05) is 6.92 Å². The van der Waals surface area contributed by atoms with Crippen LogP contribution in [0.3, 0.4) is 0 Å². The average Bonchev–Trinajstić information content (AvgIpc) is 2.33. The molecule has 0 aromatic rings. The van der Waals surface area contributed by atoms with Crippen molar-refractivity contribution >= 4 is 11.6 Å². The monoisotopic (exact) mass is 262 g/mol. The van der Waals surface area contributed by atoms with Crippen LogP contribution >= 0.6 is 0 Å². The summed E-state index contributed by atoms with van der Waals surface area (Å²) < 4.78 is 0. The second-order valence-corrected chi connectivity index (χ2v) is 7.33. The van der Waals surface area contributed by atoms with Gasteiger partial charge in [-0.1, -0.05) is 6.92 Å². The molecule has 0 aliphatic heterocycles. The van der Waals surface area contributed by atoms with Crippen molar-refractivity contribution in [3.8, 4) is 0 Å². The predicted molar refractivity (Wildman–Crippen MR) is 76.8 cm³/mol. The van der Waals surface area contributed by atoms with Gasteiger partial charge in [0.05, 0.1) is 0 Å². The first kappa shape index (κ1) is 13.1. The summed E-state index contributed by atoms with van der Waals surface area (Å²) in [5.41, 5.74) is 4.08. The van der Waals surface area contributed by atoms with Crippen LogP contribution in [0.2, 0.25) is 0 Å². The summed E-state index contributed by atoms with van der Waals surface area (Å²) in [5, 5.41) is 4.16. The molecule has 106 valence electrons. The fourth-order valence-corrected chi connectivity index (χ4v) is 5.12. The Labute approximate surface area is 116 Å². The molecule has 4 rings (SSSR count). The molecule has 4 aliphatic rings. The fourth-order valence-electron chi connectivity index (χ4n) is 5.12. The number of amides is 1. The molecule has 19 heavy (non-hydrogen) atoms. The van der Waals surface area contributed by atoms with Crippen LogP contribution in [0.4, 0.5) is 0 Å². The van der Waals surface area contributed by atoms with E-state index < -0.39 is 0 Å². The molecule has 0 saturated heterocycles. The van der Waals surface area contributed by atoms with Gasteiger partial charge in [-0.05, 0) is 75.0 Å². The highest BCUT2D eigenvalue weighted by atomic mass is 16.2. The van der Waals surface area contributed by atoms with Crippen LogP contribution in [-0.4, -0.2) is 11.6 Å². The van der Waals surface area contributed by atoms with E-state index in [9.17, 15) is 4.79 Å². The summed E-state index contributed by atoms with van der Waals surface area (Å²) >= 11 is 0. The van der Waals surface area contributed by atoms with Gasteiger partial charge in [-0.3, -0.25) is 4.79 Å². The van der Waals surface area contributed by atoms with Crippen molar-refractivity contribution < 1.29 is 4.79 Å². The second kappa shape index (κ2) is 4.92. The number of hydrazone groups is 1. The molecule has 0 spiro atoms. The number of carbonyl (C=O) groups excluding carboxylic acids is 1. The minimum Gasteiger partial charge on any atom is -0.273 e. The average molecular weight is 262 g/mol. The van der Waals surface area contributed by atoms with Gasteiger partial charge in [0.2, 0.25) is 5.91 Å². The van der Waals surface area contributed by atoms with Gasteiger partial charge in [0.25, 0.3) is 0 Å². The Hall–Kier alpha value is -0.860. The van der Waals surface area contributed by atoms with Crippen molar-refractivity contribution in [1.29, 1.82) is 0 Å². The van der Waals surface area contributed by atoms with Gasteiger partial charge in [0.15, 0.2) is 0 Å². The van der Waals surface area contributed by atoms with Crippen LogP contribution in [0.15, 0.2) is 5.10 Å². The highest BCUT2D eigenvalue weighted by molar-refractivity contribution is 5.84. The van der Waals surface area contributed by atoms with Crippen LogP contribution < -0.4 is 5.43 Å². The van der Waals surface area contributed by atoms with Gasteiger partial charge < -0.3 is 0 Å². The minimum atomic E-state index is 0.134. The predicted octanol–water partition coefficient (Wildman–Crippen LogP) is 3.50. The summed E-state index contributed by atoms with van der Waals surface area (Å²) in [6.45, 7) is 4.02. The number of nitrogens with zero attached hydrogens (tertiary/aromatic N) is 1. The van der Waals surface area contributed by atoms with Crippen LogP contribution in [0, 0.1) is 23.2 Å². The minimum absolute atomic E-state index is 0.134. The third-order valence-electron chi connectivity index (χ3n) is 5.58. The van der Waals surface area contributed by atoms with Crippen LogP contribution in [0.1, 0.15) is 65.2 Å². The maximum atomic E-state index is 12.1. The second-order valence-electron chi connectivity index (χ2n) is 7.33. The molecule has 3 heteroatoms. The molecule has 4 aliphatic carbocycles. The van der Waals surface area contributed by atoms with Gasteiger partial charge in [-0.25, -0.2) is 5.43 Å². The molecular formula is C16H26N2O. The highest BCUT2D eigenvalue weighted by Crippen LogP contribution is 2.61. The van der Waals surface area contributed by atoms with E-state index in [0.29, 0.717) is 11.8 Å². The lowest BCUT2D eigenvalue weighted by Gasteiger charge is -2.56. The Bertz CT molecular complexity index is 364. The SMILES string of the molecule is CC/C(C)=N\NC(=O)CC12CC3CC(CC(C3)C1)C2. The molecule has 4 saturated carbocycles. The molecule has 1 amide bonds. The quantitative estimate of drug-likeness (QED) is 0.611.